The molecule has 1 atom stereocenters. The quantitative estimate of drug-likeness (QED) is 0.813. The fourth-order valence-electron chi connectivity index (χ4n) is 3.08. The molecule has 0 aromatic heterocycles. The smallest absolute Gasteiger partial charge is 0.321 e. The Morgan fingerprint density at radius 3 is 2.57 bits per heavy atom. The van der Waals surface area contributed by atoms with Gasteiger partial charge in [-0.05, 0) is 30.5 Å². The number of urea groups is 1. The first kappa shape index (κ1) is 15.9. The van der Waals surface area contributed by atoms with Crippen LogP contribution in [0.5, 0.6) is 0 Å². The van der Waals surface area contributed by atoms with Crippen LogP contribution < -0.4 is 5.32 Å². The van der Waals surface area contributed by atoms with E-state index < -0.39 is 0 Å². The zero-order valence-electron chi connectivity index (χ0n) is 13.0. The van der Waals surface area contributed by atoms with Crippen molar-refractivity contribution in [3.63, 3.8) is 0 Å². The molecule has 0 bridgehead atoms. The highest BCUT2D eigenvalue weighted by atomic mass is 35.5. The summed E-state index contributed by atoms with van der Waals surface area (Å²) in [6.07, 6.45) is 3.31. The first-order chi connectivity index (χ1) is 11.2. The molecule has 23 heavy (non-hydrogen) atoms. The van der Waals surface area contributed by atoms with Crippen molar-refractivity contribution < 1.29 is 4.79 Å². The molecule has 120 valence electrons. The molecule has 2 aromatic rings. The van der Waals surface area contributed by atoms with Crippen molar-refractivity contribution in [2.45, 2.75) is 25.2 Å². The number of hydrogen-bond donors (Lipinski definition) is 1. The van der Waals surface area contributed by atoms with Gasteiger partial charge in [-0.3, -0.25) is 0 Å². The number of nitrogens with one attached hydrogen (secondary N) is 1. The van der Waals surface area contributed by atoms with E-state index >= 15 is 0 Å². The molecule has 1 aliphatic heterocycles. The number of rotatable bonds is 2. The van der Waals surface area contributed by atoms with Gasteiger partial charge in [-0.25, -0.2) is 4.79 Å². The molecule has 3 rings (SSSR count). The van der Waals surface area contributed by atoms with Gasteiger partial charge in [0.05, 0.1) is 10.7 Å². The molecule has 4 heteroatoms. The van der Waals surface area contributed by atoms with E-state index in [0.717, 1.165) is 32.4 Å². The third-order valence-corrected chi connectivity index (χ3v) is 4.67. The maximum absolute atomic E-state index is 12.6. The van der Waals surface area contributed by atoms with Crippen molar-refractivity contribution >= 4 is 23.3 Å². The Morgan fingerprint density at radius 1 is 1.04 bits per heavy atom. The average Bonchev–Trinajstić information content (AvgIpc) is 2.84. The van der Waals surface area contributed by atoms with Crippen LogP contribution in [-0.2, 0) is 0 Å². The third-order valence-electron chi connectivity index (χ3n) is 4.35. The highest BCUT2D eigenvalue weighted by Crippen LogP contribution is 2.27. The first-order valence-corrected chi connectivity index (χ1v) is 8.47. The van der Waals surface area contributed by atoms with Crippen LogP contribution in [0.2, 0.25) is 5.02 Å². The van der Waals surface area contributed by atoms with Gasteiger partial charge in [0, 0.05) is 19.0 Å². The van der Waals surface area contributed by atoms with Crippen LogP contribution in [0, 0.1) is 0 Å². The summed E-state index contributed by atoms with van der Waals surface area (Å²) < 4.78 is 0. The second-order valence-corrected chi connectivity index (χ2v) is 6.37. The summed E-state index contributed by atoms with van der Waals surface area (Å²) in [5.41, 5.74) is 1.98. The predicted octanol–water partition coefficient (Wildman–Crippen LogP) is 5.14. The van der Waals surface area contributed by atoms with Crippen LogP contribution in [0.4, 0.5) is 10.5 Å². The molecule has 1 aliphatic rings. The Labute approximate surface area is 142 Å². The molecule has 0 radical (unpaired) electrons. The van der Waals surface area contributed by atoms with Gasteiger partial charge in [-0.2, -0.15) is 0 Å². The lowest BCUT2D eigenvalue weighted by Crippen LogP contribution is -2.37. The van der Waals surface area contributed by atoms with E-state index in [2.05, 4.69) is 29.6 Å². The first-order valence-electron chi connectivity index (χ1n) is 8.09. The van der Waals surface area contributed by atoms with Gasteiger partial charge in [-0.1, -0.05) is 60.5 Å². The van der Waals surface area contributed by atoms with Crippen molar-refractivity contribution in [1.29, 1.82) is 0 Å². The number of para-hydroxylation sites is 1. The normalized spacial score (nSPS) is 18.3. The van der Waals surface area contributed by atoms with Gasteiger partial charge < -0.3 is 10.2 Å². The topological polar surface area (TPSA) is 32.3 Å². The van der Waals surface area contributed by atoms with E-state index in [1.807, 2.05) is 29.2 Å². The Hall–Kier alpha value is -2.00. The second kappa shape index (κ2) is 7.51. The van der Waals surface area contributed by atoms with E-state index in [4.69, 9.17) is 11.6 Å². The highest BCUT2D eigenvalue weighted by molar-refractivity contribution is 6.33. The number of amides is 2. The number of carbonyl (C=O) groups excluding carboxylic acids is 1. The second-order valence-electron chi connectivity index (χ2n) is 5.96. The molecule has 1 fully saturated rings. The van der Waals surface area contributed by atoms with Crippen LogP contribution in [0.3, 0.4) is 0 Å². The Balaban J connectivity index is 1.71. The van der Waals surface area contributed by atoms with Crippen molar-refractivity contribution in [2.75, 3.05) is 18.4 Å². The Kier molecular flexibility index (Phi) is 5.19. The van der Waals surface area contributed by atoms with Crippen molar-refractivity contribution in [3.05, 3.63) is 65.2 Å². The molecule has 0 aliphatic carbocycles. The van der Waals surface area contributed by atoms with Crippen LogP contribution in [0.25, 0.3) is 0 Å². The van der Waals surface area contributed by atoms with Crippen LogP contribution in [0.1, 0.15) is 30.7 Å². The Bertz CT molecular complexity index is 659. The Morgan fingerprint density at radius 2 is 1.78 bits per heavy atom. The summed E-state index contributed by atoms with van der Waals surface area (Å²) >= 11 is 6.13. The van der Waals surface area contributed by atoms with E-state index in [9.17, 15) is 4.79 Å². The van der Waals surface area contributed by atoms with E-state index in [-0.39, 0.29) is 6.03 Å². The summed E-state index contributed by atoms with van der Waals surface area (Å²) in [5, 5.41) is 3.50. The van der Waals surface area contributed by atoms with Crippen molar-refractivity contribution in [2.24, 2.45) is 0 Å². The SMILES string of the molecule is O=C(Nc1ccccc1Cl)N1CCCCC(c2ccccc2)C1. The molecule has 1 saturated heterocycles. The molecule has 1 heterocycles. The minimum Gasteiger partial charge on any atom is -0.324 e. The molecule has 0 spiro atoms. The van der Waals surface area contributed by atoms with Gasteiger partial charge in [0.1, 0.15) is 0 Å². The number of halogens is 1. The highest BCUT2D eigenvalue weighted by Gasteiger charge is 2.23. The van der Waals surface area contributed by atoms with Crippen LogP contribution >= 0.6 is 11.6 Å². The summed E-state index contributed by atoms with van der Waals surface area (Å²) in [6, 6.07) is 17.7. The molecule has 1 N–H and O–H groups in total. The van der Waals surface area contributed by atoms with E-state index in [1.54, 1.807) is 6.07 Å². The molecule has 2 amide bonds. The lowest BCUT2D eigenvalue weighted by molar-refractivity contribution is 0.211. The number of carbonyl (C=O) groups is 1. The molecular formula is C19H21ClN2O. The number of hydrogen-bond acceptors (Lipinski definition) is 1. The number of likely N-dealkylation sites (tertiary alicyclic amines) is 1. The predicted molar refractivity (Wildman–Crippen MR) is 95.1 cm³/mol. The van der Waals surface area contributed by atoms with Crippen LogP contribution in [-0.4, -0.2) is 24.0 Å². The van der Waals surface area contributed by atoms with Crippen molar-refractivity contribution in [1.82, 2.24) is 4.90 Å². The van der Waals surface area contributed by atoms with E-state index in [0.29, 0.717) is 16.6 Å². The lowest BCUT2D eigenvalue weighted by Gasteiger charge is -2.25. The monoisotopic (exact) mass is 328 g/mol. The molecular weight excluding hydrogens is 308 g/mol. The minimum atomic E-state index is -0.0686. The van der Waals surface area contributed by atoms with Gasteiger partial charge in [-0.15, -0.1) is 0 Å². The van der Waals surface area contributed by atoms with Gasteiger partial charge in [0.15, 0.2) is 0 Å². The molecule has 1 unspecified atom stereocenters. The van der Waals surface area contributed by atoms with Gasteiger partial charge in [0.25, 0.3) is 0 Å². The maximum Gasteiger partial charge on any atom is 0.321 e. The summed E-state index contributed by atoms with van der Waals surface area (Å²) in [5.74, 6) is 0.399. The molecule has 2 aromatic carbocycles. The fourth-order valence-corrected chi connectivity index (χ4v) is 3.26. The van der Waals surface area contributed by atoms with Gasteiger partial charge in [0.2, 0.25) is 0 Å². The third kappa shape index (κ3) is 4.05. The zero-order valence-corrected chi connectivity index (χ0v) is 13.8. The molecule has 3 nitrogen and oxygen atoms in total. The number of benzene rings is 2. The zero-order chi connectivity index (χ0) is 16.1. The van der Waals surface area contributed by atoms with Gasteiger partial charge >= 0.3 is 6.03 Å². The maximum atomic E-state index is 12.6. The largest absolute Gasteiger partial charge is 0.324 e. The standard InChI is InChI=1S/C19H21ClN2O/c20-17-11-4-5-12-18(17)21-19(23)22-13-7-6-10-16(14-22)15-8-2-1-3-9-15/h1-5,8-9,11-12,16H,6-7,10,13-14H2,(H,21,23). The van der Waals surface area contributed by atoms with Crippen LogP contribution in [0.15, 0.2) is 54.6 Å². The number of anilines is 1. The van der Waals surface area contributed by atoms with Crippen molar-refractivity contribution in [3.8, 4) is 0 Å². The number of nitrogens with zero attached hydrogens (tertiary/aromatic N) is 1. The summed E-state index contributed by atoms with van der Waals surface area (Å²) in [6.45, 7) is 1.54. The van der Waals surface area contributed by atoms with E-state index in [1.165, 1.54) is 5.56 Å². The summed E-state index contributed by atoms with van der Waals surface area (Å²) in [7, 11) is 0. The fraction of sp³-hybridized carbons (Fsp3) is 0.316. The lowest BCUT2D eigenvalue weighted by atomic mass is 9.94. The minimum absolute atomic E-state index is 0.0686. The molecule has 0 saturated carbocycles. The summed E-state index contributed by atoms with van der Waals surface area (Å²) in [4.78, 5) is 14.5. The average molecular weight is 329 g/mol.